The van der Waals surface area contributed by atoms with Gasteiger partial charge in [-0.15, -0.1) is 11.3 Å². The van der Waals surface area contributed by atoms with Crippen LogP contribution >= 0.6 is 11.3 Å². The van der Waals surface area contributed by atoms with Crippen molar-refractivity contribution in [3.63, 3.8) is 0 Å². The number of hydrogen-bond acceptors (Lipinski definition) is 2. The van der Waals surface area contributed by atoms with E-state index in [1.165, 1.54) is 54.1 Å². The smallest absolute Gasteiger partial charge is 0.124 e. The van der Waals surface area contributed by atoms with Crippen LogP contribution in [0.25, 0.3) is 54.0 Å². The summed E-state index contributed by atoms with van der Waals surface area (Å²) >= 11 is 1.82. The maximum atomic E-state index is 5.04. The summed E-state index contributed by atoms with van der Waals surface area (Å²) in [5.74, 6) is 0.647. The molecule has 2 aliphatic carbocycles. The predicted octanol–water partition coefficient (Wildman–Crippen LogP) is 9.65. The van der Waals surface area contributed by atoms with Crippen molar-refractivity contribution in [2.24, 2.45) is 5.92 Å². The Hall–Kier alpha value is -4.27. The third-order valence-corrected chi connectivity index (χ3v) is 8.99. The third kappa shape index (κ3) is 3.26. The number of fused-ring (bicyclic) bond motifs is 8. The van der Waals surface area contributed by atoms with Gasteiger partial charge in [0.2, 0.25) is 0 Å². The average Bonchev–Trinajstić information content (AvgIpc) is 3.41. The first-order valence-corrected chi connectivity index (χ1v) is 13.6. The largest absolute Gasteiger partial charge is 0.236 e. The summed E-state index contributed by atoms with van der Waals surface area (Å²) in [6, 6.07) is 34.9. The third-order valence-electron chi connectivity index (χ3n) is 7.83. The van der Waals surface area contributed by atoms with Crippen LogP contribution in [-0.4, -0.2) is 4.98 Å². The van der Waals surface area contributed by atoms with Crippen LogP contribution in [0.3, 0.4) is 0 Å². The Morgan fingerprint density at radius 1 is 0.676 bits per heavy atom. The van der Waals surface area contributed by atoms with E-state index in [0.29, 0.717) is 5.92 Å². The van der Waals surface area contributed by atoms with Crippen LogP contribution in [0.2, 0.25) is 0 Å². The lowest BCUT2D eigenvalue weighted by Crippen LogP contribution is -2.15. The van der Waals surface area contributed by atoms with Crippen LogP contribution in [0.1, 0.15) is 22.6 Å². The van der Waals surface area contributed by atoms with E-state index < -0.39 is 0 Å². The van der Waals surface area contributed by atoms with Gasteiger partial charge in [0, 0.05) is 17.4 Å². The van der Waals surface area contributed by atoms with E-state index in [4.69, 9.17) is 4.98 Å². The standard InChI is InChI=1S/C35H23NS/c1-2-8-24(9-3-1)35-36-32-19-18-23-16-14-22-15-17-26(21-31(22)33(23)34(32)37-35)30-20-25-10-4-5-11-27(25)28-12-6-7-13-29(28)30/h1-22,31H. The molecular weight excluding hydrogens is 466 g/mol. The molecule has 0 radical (unpaired) electrons. The second-order valence-corrected chi connectivity index (χ2v) is 10.9. The zero-order chi connectivity index (χ0) is 24.3. The van der Waals surface area contributed by atoms with Crippen LogP contribution < -0.4 is 0 Å². The molecular formula is C35H23NS. The van der Waals surface area contributed by atoms with Crippen molar-refractivity contribution < 1.29 is 0 Å². The molecule has 2 atom stereocenters. The summed E-state index contributed by atoms with van der Waals surface area (Å²) in [4.78, 5) is 5.04. The first-order valence-electron chi connectivity index (χ1n) is 12.8. The molecule has 1 aromatic heterocycles. The summed E-state index contributed by atoms with van der Waals surface area (Å²) in [6.45, 7) is 0. The first-order chi connectivity index (χ1) is 18.3. The monoisotopic (exact) mass is 489 g/mol. The maximum absolute atomic E-state index is 5.04. The van der Waals surface area contributed by atoms with Crippen molar-refractivity contribution in [3.05, 3.63) is 138 Å². The van der Waals surface area contributed by atoms with E-state index >= 15 is 0 Å². The van der Waals surface area contributed by atoms with Gasteiger partial charge in [0.1, 0.15) is 5.01 Å². The van der Waals surface area contributed by atoms with E-state index in [1.54, 1.807) is 0 Å². The topological polar surface area (TPSA) is 12.9 Å². The molecule has 0 spiro atoms. The molecule has 0 fully saturated rings. The van der Waals surface area contributed by atoms with Crippen LogP contribution in [0.4, 0.5) is 0 Å². The average molecular weight is 490 g/mol. The van der Waals surface area contributed by atoms with Crippen molar-refractivity contribution in [1.82, 2.24) is 4.98 Å². The fourth-order valence-electron chi connectivity index (χ4n) is 6.06. The molecule has 5 aromatic carbocycles. The summed E-state index contributed by atoms with van der Waals surface area (Å²) in [7, 11) is 0. The van der Waals surface area contributed by atoms with Crippen LogP contribution in [0, 0.1) is 5.92 Å². The Balaban J connectivity index is 1.33. The molecule has 1 nitrogen and oxygen atoms in total. The van der Waals surface area contributed by atoms with Gasteiger partial charge in [0.15, 0.2) is 0 Å². The summed E-state index contributed by atoms with van der Waals surface area (Å²) in [6.07, 6.45) is 11.9. The zero-order valence-corrected chi connectivity index (χ0v) is 21.0. The highest BCUT2D eigenvalue weighted by Crippen LogP contribution is 2.47. The lowest BCUT2D eigenvalue weighted by Gasteiger charge is -2.30. The zero-order valence-electron chi connectivity index (χ0n) is 20.1. The summed E-state index contributed by atoms with van der Waals surface area (Å²) < 4.78 is 1.31. The van der Waals surface area contributed by atoms with Crippen LogP contribution in [0.15, 0.2) is 121 Å². The van der Waals surface area contributed by atoms with Gasteiger partial charge in [-0.1, -0.05) is 115 Å². The normalized spacial score (nSPS) is 18.2. The lowest BCUT2D eigenvalue weighted by atomic mass is 9.74. The maximum Gasteiger partial charge on any atom is 0.124 e. The Bertz CT molecular complexity index is 1940. The minimum absolute atomic E-state index is 0.290. The summed E-state index contributed by atoms with van der Waals surface area (Å²) in [5.41, 5.74) is 7.61. The number of aromatic nitrogens is 1. The molecule has 0 saturated carbocycles. The molecule has 0 aliphatic heterocycles. The Kier molecular flexibility index (Phi) is 4.58. The van der Waals surface area contributed by atoms with Gasteiger partial charge in [0.05, 0.1) is 10.2 Å². The molecule has 6 aromatic rings. The molecule has 0 amide bonds. The first kappa shape index (κ1) is 20.9. The Morgan fingerprint density at radius 3 is 2.32 bits per heavy atom. The van der Waals surface area contributed by atoms with Gasteiger partial charge in [-0.05, 0) is 55.9 Å². The molecule has 37 heavy (non-hydrogen) atoms. The highest BCUT2D eigenvalue weighted by atomic mass is 32.1. The van der Waals surface area contributed by atoms with Gasteiger partial charge >= 0.3 is 0 Å². The predicted molar refractivity (Wildman–Crippen MR) is 159 cm³/mol. The molecule has 0 saturated heterocycles. The highest BCUT2D eigenvalue weighted by molar-refractivity contribution is 7.21. The minimum atomic E-state index is 0.290. The highest BCUT2D eigenvalue weighted by Gasteiger charge is 2.29. The van der Waals surface area contributed by atoms with E-state index in [1.807, 2.05) is 11.3 Å². The quantitative estimate of drug-likeness (QED) is 0.221. The van der Waals surface area contributed by atoms with E-state index in [-0.39, 0.29) is 5.92 Å². The Labute approximate surface area is 219 Å². The summed E-state index contributed by atoms with van der Waals surface area (Å²) in [5, 5.41) is 6.31. The van der Waals surface area contributed by atoms with Crippen molar-refractivity contribution >= 4 is 54.7 Å². The van der Waals surface area contributed by atoms with Gasteiger partial charge in [-0.3, -0.25) is 0 Å². The second kappa shape index (κ2) is 8.12. The number of hydrogen-bond donors (Lipinski definition) is 0. The molecule has 2 heteroatoms. The molecule has 8 rings (SSSR count). The van der Waals surface area contributed by atoms with Crippen molar-refractivity contribution in [2.75, 3.05) is 0 Å². The van der Waals surface area contributed by atoms with Crippen molar-refractivity contribution in [3.8, 4) is 10.6 Å². The van der Waals surface area contributed by atoms with E-state index in [2.05, 4.69) is 127 Å². The Morgan fingerprint density at radius 2 is 1.43 bits per heavy atom. The van der Waals surface area contributed by atoms with Crippen LogP contribution in [-0.2, 0) is 0 Å². The SMILES string of the molecule is C1=CC2C=Cc3ccc4nc(-c5ccccc5)sc4c3C2C=C1c1cc2ccccc2c2ccccc12. The minimum Gasteiger partial charge on any atom is -0.236 e. The molecule has 0 N–H and O–H groups in total. The van der Waals surface area contributed by atoms with Gasteiger partial charge in [0.25, 0.3) is 0 Å². The number of nitrogens with zero attached hydrogens (tertiary/aromatic N) is 1. The number of thiazole rings is 1. The van der Waals surface area contributed by atoms with Gasteiger partial charge < -0.3 is 0 Å². The van der Waals surface area contributed by atoms with Crippen molar-refractivity contribution in [2.45, 2.75) is 5.92 Å². The number of allylic oxidation sites excluding steroid dienone is 5. The fraction of sp³-hybridized carbons (Fsp3) is 0.0571. The van der Waals surface area contributed by atoms with Gasteiger partial charge in [-0.2, -0.15) is 0 Å². The van der Waals surface area contributed by atoms with E-state index in [9.17, 15) is 0 Å². The number of benzene rings is 5. The van der Waals surface area contributed by atoms with E-state index in [0.717, 1.165) is 10.5 Å². The molecule has 0 bridgehead atoms. The van der Waals surface area contributed by atoms with Gasteiger partial charge in [-0.25, -0.2) is 4.98 Å². The van der Waals surface area contributed by atoms with Crippen LogP contribution in [0.5, 0.6) is 0 Å². The number of rotatable bonds is 2. The molecule has 2 aliphatic rings. The molecule has 1 heterocycles. The second-order valence-electron chi connectivity index (χ2n) is 9.94. The molecule has 2 unspecified atom stereocenters. The van der Waals surface area contributed by atoms with Crippen molar-refractivity contribution in [1.29, 1.82) is 0 Å². The molecule has 174 valence electrons. The fourth-order valence-corrected chi connectivity index (χ4v) is 7.24. The lowest BCUT2D eigenvalue weighted by molar-refractivity contribution is 0.700.